The maximum absolute atomic E-state index is 11.8. The fraction of sp³-hybridized carbons (Fsp3) is 0.839. The summed E-state index contributed by atoms with van der Waals surface area (Å²) < 4.78 is -0.539. The Labute approximate surface area is 232 Å². The molecule has 0 rings (SSSR count). The maximum atomic E-state index is 11.8. The molecule has 7 heteroatoms. The number of rotatable bonds is 26. The highest BCUT2D eigenvalue weighted by molar-refractivity contribution is 5.76. The van der Waals surface area contributed by atoms with Gasteiger partial charge < -0.3 is 20.1 Å². The van der Waals surface area contributed by atoms with E-state index in [0.29, 0.717) is 6.42 Å². The number of quaternary nitrogens is 1. The van der Waals surface area contributed by atoms with Crippen LogP contribution < -0.4 is 5.11 Å². The minimum atomic E-state index is -1.42. The molecule has 0 aliphatic rings. The predicted octanol–water partition coefficient (Wildman–Crippen LogP) is 6.49. The van der Waals surface area contributed by atoms with E-state index in [1.807, 2.05) is 0 Å². The first kappa shape index (κ1) is 36.1. The topological polar surface area (TPSA) is 115 Å². The molecule has 0 fully saturated rings. The molecule has 0 radical (unpaired) electrons. The summed E-state index contributed by atoms with van der Waals surface area (Å²) in [5.74, 6) is -3.82. The van der Waals surface area contributed by atoms with Crippen molar-refractivity contribution in [3.05, 3.63) is 12.2 Å². The van der Waals surface area contributed by atoms with Crippen molar-refractivity contribution in [3.63, 3.8) is 0 Å². The van der Waals surface area contributed by atoms with Gasteiger partial charge in [-0.1, -0.05) is 96.1 Å². The van der Waals surface area contributed by atoms with Crippen molar-refractivity contribution in [2.75, 3.05) is 6.54 Å². The van der Waals surface area contributed by atoms with Crippen LogP contribution in [-0.4, -0.2) is 57.3 Å². The van der Waals surface area contributed by atoms with Gasteiger partial charge in [0.1, 0.15) is 6.04 Å². The summed E-state index contributed by atoms with van der Waals surface area (Å²) in [6.45, 7) is 6.59. The van der Waals surface area contributed by atoms with E-state index in [9.17, 15) is 29.7 Å². The summed E-state index contributed by atoms with van der Waals surface area (Å²) in [6.07, 6.45) is 26.1. The van der Waals surface area contributed by atoms with Crippen LogP contribution in [0.5, 0.6) is 0 Å². The largest absolute Gasteiger partial charge is 0.544 e. The first-order chi connectivity index (χ1) is 18.1. The number of unbranched alkanes of at least 4 members (excludes halogenated alkanes) is 16. The smallest absolute Gasteiger partial charge is 0.362 e. The number of nitrogens with zero attached hydrogens (tertiary/aromatic N) is 1. The van der Waals surface area contributed by atoms with Crippen LogP contribution >= 0.6 is 0 Å². The lowest BCUT2D eigenvalue weighted by Crippen LogP contribution is -2.72. The summed E-state index contributed by atoms with van der Waals surface area (Å²) in [5, 5.41) is 30.9. The van der Waals surface area contributed by atoms with Gasteiger partial charge >= 0.3 is 11.9 Å². The number of carboxylic acid groups (broad SMARTS) is 3. The lowest BCUT2D eigenvalue weighted by atomic mass is 10.00. The average molecular weight is 540 g/mol. The SMILES string of the molecule is CCCCCC/C=C/CCCCCCCCCCCCCC[N+](C(C)C(=O)[O-])(C(C)C(=O)O)C(C)C(=O)O. The van der Waals surface area contributed by atoms with Gasteiger partial charge in [0.25, 0.3) is 0 Å². The van der Waals surface area contributed by atoms with E-state index < -0.39 is 40.5 Å². The molecule has 7 nitrogen and oxygen atoms in total. The Morgan fingerprint density at radius 3 is 1.29 bits per heavy atom. The average Bonchev–Trinajstić information content (AvgIpc) is 2.88. The standard InChI is InChI=1S/C31H57NO6/c1-5-6-7-8-9-10-11-12-13-14-15-16-17-18-19-20-21-22-23-24-25-32(26(2)29(33)34,27(3)30(35)36)28(4)31(37)38/h10-11,26-28H,5-9,12-25H2,1-4H3,(H2-,33,34,35,36,37,38)/b11-10+. The number of carbonyl (C=O) groups excluding carboxylic acids is 1. The minimum Gasteiger partial charge on any atom is -0.544 e. The maximum Gasteiger partial charge on any atom is 0.362 e. The van der Waals surface area contributed by atoms with E-state index in [0.717, 1.165) is 25.7 Å². The molecule has 0 aromatic rings. The van der Waals surface area contributed by atoms with Crippen LogP contribution in [0, 0.1) is 0 Å². The van der Waals surface area contributed by atoms with E-state index in [1.54, 1.807) is 0 Å². The van der Waals surface area contributed by atoms with Crippen LogP contribution in [0.1, 0.15) is 143 Å². The van der Waals surface area contributed by atoms with E-state index >= 15 is 0 Å². The minimum absolute atomic E-state index is 0.185. The third-order valence-electron chi connectivity index (χ3n) is 8.28. The van der Waals surface area contributed by atoms with Gasteiger partial charge in [-0.3, -0.25) is 4.48 Å². The molecule has 3 atom stereocenters. The molecule has 38 heavy (non-hydrogen) atoms. The zero-order chi connectivity index (χ0) is 28.8. The Balaban J connectivity index is 4.08. The molecule has 0 aromatic carbocycles. The van der Waals surface area contributed by atoms with Gasteiger partial charge in [0.2, 0.25) is 0 Å². The summed E-state index contributed by atoms with van der Waals surface area (Å²) in [6, 6.07) is -3.56. The zero-order valence-electron chi connectivity index (χ0n) is 24.8. The zero-order valence-corrected chi connectivity index (χ0v) is 24.8. The molecule has 0 saturated carbocycles. The first-order valence-corrected chi connectivity index (χ1v) is 15.3. The van der Waals surface area contributed by atoms with Gasteiger partial charge in [-0.15, -0.1) is 0 Å². The monoisotopic (exact) mass is 539 g/mol. The molecule has 0 saturated heterocycles. The third kappa shape index (κ3) is 14.3. The molecule has 0 aliphatic heterocycles. The van der Waals surface area contributed by atoms with Crippen LogP contribution in [0.2, 0.25) is 0 Å². The second-order valence-corrected chi connectivity index (χ2v) is 11.1. The van der Waals surface area contributed by atoms with Crippen molar-refractivity contribution >= 4 is 17.9 Å². The molecule has 0 aromatic heterocycles. The van der Waals surface area contributed by atoms with Crippen molar-refractivity contribution in [3.8, 4) is 0 Å². The van der Waals surface area contributed by atoms with Gasteiger partial charge in [0, 0.05) is 0 Å². The van der Waals surface area contributed by atoms with Crippen molar-refractivity contribution in [1.82, 2.24) is 0 Å². The van der Waals surface area contributed by atoms with Crippen LogP contribution in [0.3, 0.4) is 0 Å². The number of allylic oxidation sites excluding steroid dienone is 2. The first-order valence-electron chi connectivity index (χ1n) is 15.3. The van der Waals surface area contributed by atoms with Crippen LogP contribution in [0.25, 0.3) is 0 Å². The van der Waals surface area contributed by atoms with Gasteiger partial charge in [-0.05, 0) is 59.3 Å². The van der Waals surface area contributed by atoms with Crippen LogP contribution in [0.4, 0.5) is 0 Å². The van der Waals surface area contributed by atoms with E-state index in [2.05, 4.69) is 19.1 Å². The summed E-state index contributed by atoms with van der Waals surface area (Å²) in [7, 11) is 0. The normalized spacial score (nSPS) is 15.7. The van der Waals surface area contributed by atoms with E-state index in [1.165, 1.54) is 104 Å². The predicted molar refractivity (Wildman–Crippen MR) is 152 cm³/mol. The Bertz CT molecular complexity index is 627. The Morgan fingerprint density at radius 2 is 0.947 bits per heavy atom. The van der Waals surface area contributed by atoms with Crippen molar-refractivity contribution in [2.24, 2.45) is 0 Å². The Morgan fingerprint density at radius 1 is 0.605 bits per heavy atom. The molecule has 3 unspecified atom stereocenters. The van der Waals surface area contributed by atoms with Gasteiger partial charge in [0.05, 0.1) is 12.5 Å². The number of carbonyl (C=O) groups is 3. The highest BCUT2D eigenvalue weighted by Crippen LogP contribution is 2.27. The van der Waals surface area contributed by atoms with Crippen LogP contribution in [-0.2, 0) is 14.4 Å². The number of hydrogen-bond acceptors (Lipinski definition) is 4. The summed E-state index contributed by atoms with van der Waals surface area (Å²) in [5.41, 5.74) is 0. The molecule has 0 bridgehead atoms. The van der Waals surface area contributed by atoms with Crippen molar-refractivity contribution in [1.29, 1.82) is 0 Å². The molecular formula is C31H57NO6. The number of carboxylic acids is 3. The van der Waals surface area contributed by atoms with Crippen molar-refractivity contribution < 1.29 is 34.2 Å². The number of aliphatic carboxylic acids is 3. The van der Waals surface area contributed by atoms with Gasteiger partial charge in [-0.2, -0.15) is 0 Å². The molecule has 0 aliphatic carbocycles. The van der Waals surface area contributed by atoms with Crippen molar-refractivity contribution in [2.45, 2.75) is 161 Å². The van der Waals surface area contributed by atoms with Gasteiger partial charge in [-0.25, -0.2) is 9.59 Å². The molecular weight excluding hydrogens is 482 g/mol. The summed E-state index contributed by atoms with van der Waals surface area (Å²) >= 11 is 0. The quantitative estimate of drug-likeness (QED) is 0.0738. The molecule has 2 N–H and O–H groups in total. The van der Waals surface area contributed by atoms with E-state index in [-0.39, 0.29) is 6.54 Å². The third-order valence-corrected chi connectivity index (χ3v) is 8.28. The lowest BCUT2D eigenvalue weighted by Gasteiger charge is -2.49. The fourth-order valence-electron chi connectivity index (χ4n) is 5.53. The Hall–Kier alpha value is -1.89. The molecule has 0 amide bonds. The fourth-order valence-corrected chi connectivity index (χ4v) is 5.53. The molecule has 222 valence electrons. The summed E-state index contributed by atoms with van der Waals surface area (Å²) in [4.78, 5) is 35.3. The van der Waals surface area contributed by atoms with E-state index in [4.69, 9.17) is 0 Å². The Kier molecular flexibility index (Phi) is 20.9. The van der Waals surface area contributed by atoms with Gasteiger partial charge in [0.15, 0.2) is 12.1 Å². The van der Waals surface area contributed by atoms with Crippen LogP contribution in [0.15, 0.2) is 12.2 Å². The molecule has 0 spiro atoms. The second kappa shape index (κ2) is 22.0. The lowest BCUT2D eigenvalue weighted by molar-refractivity contribution is -0.969. The number of hydrogen-bond donors (Lipinski definition) is 2. The molecule has 0 heterocycles. The second-order valence-electron chi connectivity index (χ2n) is 11.1. The highest BCUT2D eigenvalue weighted by Gasteiger charge is 2.50. The highest BCUT2D eigenvalue weighted by atomic mass is 16.4.